The van der Waals surface area contributed by atoms with Crippen molar-refractivity contribution in [2.75, 3.05) is 26.9 Å². The molecule has 5 heteroatoms. The zero-order valence-electron chi connectivity index (χ0n) is 15.0. The maximum Gasteiger partial charge on any atom is 0.165 e. The quantitative estimate of drug-likeness (QED) is 0.747. The molecule has 2 aromatic rings. The molecule has 2 N–H and O–H groups in total. The molecule has 0 aliphatic heterocycles. The SMILES string of the molecule is CCOc1ccc(C(CN)Cc2ccc(OC)c(OCC)c2)cc1F. The summed E-state index contributed by atoms with van der Waals surface area (Å²) in [6, 6.07) is 10.9. The van der Waals surface area contributed by atoms with Crippen molar-refractivity contribution in [3.63, 3.8) is 0 Å². The lowest BCUT2D eigenvalue weighted by molar-refractivity contribution is 0.310. The lowest BCUT2D eigenvalue weighted by atomic mass is 9.91. The van der Waals surface area contributed by atoms with E-state index in [0.717, 1.165) is 11.1 Å². The molecular formula is C20H26FNO3. The van der Waals surface area contributed by atoms with Gasteiger partial charge in [-0.3, -0.25) is 0 Å². The third kappa shape index (κ3) is 4.86. The van der Waals surface area contributed by atoms with Crippen molar-refractivity contribution in [2.24, 2.45) is 5.73 Å². The van der Waals surface area contributed by atoms with Crippen molar-refractivity contribution in [1.29, 1.82) is 0 Å². The highest BCUT2D eigenvalue weighted by Gasteiger charge is 2.15. The molecule has 0 radical (unpaired) electrons. The van der Waals surface area contributed by atoms with Gasteiger partial charge in [-0.25, -0.2) is 4.39 Å². The second-order valence-electron chi connectivity index (χ2n) is 5.68. The normalized spacial score (nSPS) is 11.9. The minimum Gasteiger partial charge on any atom is -0.493 e. The van der Waals surface area contributed by atoms with Crippen LogP contribution in [0, 0.1) is 5.82 Å². The van der Waals surface area contributed by atoms with Gasteiger partial charge in [-0.2, -0.15) is 0 Å². The molecule has 0 amide bonds. The highest BCUT2D eigenvalue weighted by Crippen LogP contribution is 2.31. The molecule has 0 aliphatic carbocycles. The first-order valence-electron chi connectivity index (χ1n) is 8.54. The van der Waals surface area contributed by atoms with E-state index in [9.17, 15) is 4.39 Å². The van der Waals surface area contributed by atoms with Gasteiger partial charge in [0.25, 0.3) is 0 Å². The summed E-state index contributed by atoms with van der Waals surface area (Å²) in [5.41, 5.74) is 7.87. The van der Waals surface area contributed by atoms with Crippen LogP contribution in [0.2, 0.25) is 0 Å². The average molecular weight is 347 g/mol. The van der Waals surface area contributed by atoms with Crippen molar-refractivity contribution in [3.8, 4) is 17.2 Å². The van der Waals surface area contributed by atoms with Gasteiger partial charge >= 0.3 is 0 Å². The van der Waals surface area contributed by atoms with E-state index in [1.54, 1.807) is 13.2 Å². The summed E-state index contributed by atoms with van der Waals surface area (Å²) < 4.78 is 30.3. The first-order valence-corrected chi connectivity index (χ1v) is 8.54. The zero-order valence-corrected chi connectivity index (χ0v) is 15.0. The Morgan fingerprint density at radius 1 is 0.960 bits per heavy atom. The lowest BCUT2D eigenvalue weighted by Crippen LogP contribution is -2.15. The third-order valence-corrected chi connectivity index (χ3v) is 4.02. The number of hydrogen-bond donors (Lipinski definition) is 1. The Labute approximate surface area is 148 Å². The topological polar surface area (TPSA) is 53.7 Å². The standard InChI is InChI=1S/C20H26FNO3/c1-4-24-18-9-7-15(12-17(18)21)16(13-22)10-14-6-8-19(23-3)20(11-14)25-5-2/h6-9,11-12,16H,4-5,10,13,22H2,1-3H3. The van der Waals surface area contributed by atoms with E-state index in [0.29, 0.717) is 37.7 Å². The molecule has 136 valence electrons. The van der Waals surface area contributed by atoms with Crippen molar-refractivity contribution < 1.29 is 18.6 Å². The molecule has 1 unspecified atom stereocenters. The molecule has 0 bridgehead atoms. The fourth-order valence-corrected chi connectivity index (χ4v) is 2.78. The van der Waals surface area contributed by atoms with Crippen molar-refractivity contribution >= 4 is 0 Å². The number of nitrogens with two attached hydrogens (primary N) is 1. The fraction of sp³-hybridized carbons (Fsp3) is 0.400. The van der Waals surface area contributed by atoms with Gasteiger partial charge in [0, 0.05) is 5.92 Å². The van der Waals surface area contributed by atoms with Crippen LogP contribution < -0.4 is 19.9 Å². The van der Waals surface area contributed by atoms with E-state index in [4.69, 9.17) is 19.9 Å². The Hall–Kier alpha value is -2.27. The van der Waals surface area contributed by atoms with Crippen molar-refractivity contribution in [3.05, 3.63) is 53.3 Å². The first-order chi connectivity index (χ1) is 12.1. The minimum atomic E-state index is -0.359. The van der Waals surface area contributed by atoms with Crippen LogP contribution in [0.4, 0.5) is 4.39 Å². The highest BCUT2D eigenvalue weighted by atomic mass is 19.1. The summed E-state index contributed by atoms with van der Waals surface area (Å²) >= 11 is 0. The summed E-state index contributed by atoms with van der Waals surface area (Å²) in [5, 5.41) is 0. The van der Waals surface area contributed by atoms with E-state index in [2.05, 4.69) is 0 Å². The molecule has 2 aromatic carbocycles. The van der Waals surface area contributed by atoms with Gasteiger partial charge in [0.05, 0.1) is 20.3 Å². The molecule has 1 atom stereocenters. The summed E-state index contributed by atoms with van der Waals surface area (Å²) in [6.45, 7) is 5.17. The zero-order chi connectivity index (χ0) is 18.2. The van der Waals surface area contributed by atoms with E-state index >= 15 is 0 Å². The Morgan fingerprint density at radius 3 is 2.24 bits per heavy atom. The van der Waals surface area contributed by atoms with Crippen molar-refractivity contribution in [1.82, 2.24) is 0 Å². The first kappa shape index (κ1) is 19.1. The van der Waals surface area contributed by atoms with Crippen LogP contribution in [0.15, 0.2) is 36.4 Å². The predicted octanol–water partition coefficient (Wildman–Crippen LogP) is 3.92. The molecule has 0 fully saturated rings. The number of halogens is 1. The summed E-state index contributed by atoms with van der Waals surface area (Å²) in [7, 11) is 1.61. The second-order valence-corrected chi connectivity index (χ2v) is 5.68. The van der Waals surface area contributed by atoms with Gasteiger partial charge in [0.15, 0.2) is 23.1 Å². The van der Waals surface area contributed by atoms with Crippen LogP contribution in [-0.2, 0) is 6.42 Å². The minimum absolute atomic E-state index is 0.00745. The highest BCUT2D eigenvalue weighted by molar-refractivity contribution is 5.43. The second kappa shape index (κ2) is 9.28. The number of rotatable bonds is 9. The molecule has 0 aliphatic rings. The van der Waals surface area contributed by atoms with Crippen LogP contribution in [0.5, 0.6) is 17.2 Å². The van der Waals surface area contributed by atoms with Crippen molar-refractivity contribution in [2.45, 2.75) is 26.2 Å². The summed E-state index contributed by atoms with van der Waals surface area (Å²) in [4.78, 5) is 0. The van der Waals surface area contributed by atoms with Crippen LogP contribution in [0.25, 0.3) is 0 Å². The van der Waals surface area contributed by atoms with Crippen LogP contribution in [0.1, 0.15) is 30.9 Å². The van der Waals surface area contributed by atoms with Gasteiger partial charge in [0.2, 0.25) is 0 Å². The van der Waals surface area contributed by atoms with Gasteiger partial charge in [-0.05, 0) is 62.2 Å². The van der Waals surface area contributed by atoms with E-state index < -0.39 is 0 Å². The molecule has 2 rings (SSSR count). The van der Waals surface area contributed by atoms with Gasteiger partial charge in [-0.15, -0.1) is 0 Å². The Morgan fingerprint density at radius 2 is 1.64 bits per heavy atom. The maximum absolute atomic E-state index is 14.1. The van der Waals surface area contributed by atoms with Gasteiger partial charge in [-0.1, -0.05) is 12.1 Å². The molecule has 4 nitrogen and oxygen atoms in total. The lowest BCUT2D eigenvalue weighted by Gasteiger charge is -2.18. The Bertz CT molecular complexity index is 691. The number of benzene rings is 2. The van der Waals surface area contributed by atoms with Crippen LogP contribution in [-0.4, -0.2) is 26.9 Å². The molecule has 25 heavy (non-hydrogen) atoms. The number of hydrogen-bond acceptors (Lipinski definition) is 4. The van der Waals surface area contributed by atoms with Crippen LogP contribution in [0.3, 0.4) is 0 Å². The monoisotopic (exact) mass is 347 g/mol. The molecule has 0 spiro atoms. The van der Waals surface area contributed by atoms with Crippen LogP contribution >= 0.6 is 0 Å². The van der Waals surface area contributed by atoms with E-state index in [1.165, 1.54) is 6.07 Å². The third-order valence-electron chi connectivity index (χ3n) is 4.02. The Kier molecular flexibility index (Phi) is 7.07. The largest absolute Gasteiger partial charge is 0.493 e. The predicted molar refractivity (Wildman–Crippen MR) is 97.2 cm³/mol. The Balaban J connectivity index is 2.21. The summed E-state index contributed by atoms with van der Waals surface area (Å²) in [5.74, 6) is 1.32. The van der Waals surface area contributed by atoms with Gasteiger partial charge < -0.3 is 19.9 Å². The molecular weight excluding hydrogens is 321 g/mol. The van der Waals surface area contributed by atoms with E-state index in [1.807, 2.05) is 38.1 Å². The molecule has 0 saturated heterocycles. The van der Waals surface area contributed by atoms with E-state index in [-0.39, 0.29) is 17.5 Å². The molecule has 0 heterocycles. The van der Waals surface area contributed by atoms with Gasteiger partial charge in [0.1, 0.15) is 0 Å². The smallest absolute Gasteiger partial charge is 0.165 e. The average Bonchev–Trinajstić information content (AvgIpc) is 2.62. The summed E-state index contributed by atoms with van der Waals surface area (Å²) in [6.07, 6.45) is 0.688. The number of methoxy groups -OCH3 is 1. The molecule has 0 aromatic heterocycles. The number of ether oxygens (including phenoxy) is 3. The maximum atomic E-state index is 14.1. The molecule has 0 saturated carbocycles. The fourth-order valence-electron chi connectivity index (χ4n) is 2.78.